The Morgan fingerprint density at radius 2 is 1.88 bits per heavy atom. The van der Waals surface area contributed by atoms with Crippen LogP contribution in [0.2, 0.25) is 0 Å². The fourth-order valence-corrected chi connectivity index (χ4v) is 8.21. The smallest absolute Gasteiger partial charge is 0.272 e. The number of carbonyl (C=O) groups excluding carboxylic acids is 1. The molecule has 2 N–H and O–H groups in total. The SMILES string of the molecule is CCCc1nc2ccc(C(=O)N3CCC4(CNC4)C3)nc2n1Cc1ccc(-c2ccccc2S(=O)(=O)Nc2noc(C)c2C)c(COCC)c1. The first kappa shape index (κ1) is 33.9. The van der Waals surface area contributed by atoms with Crippen molar-refractivity contribution in [2.24, 2.45) is 5.41 Å². The monoisotopic (exact) mass is 697 g/mol. The van der Waals surface area contributed by atoms with Crippen LogP contribution in [-0.4, -0.2) is 71.7 Å². The standard InChI is InChI=1S/C37H43N7O5S/c1-5-9-33-39-30-14-15-31(36(45)43-17-16-37(23-43)21-38-22-37)40-35(30)44(33)19-26-12-13-28(27(18-26)20-48-6-2)29-10-7-8-11-32(29)50(46,47)42-34-24(3)25(4)49-41-34/h7-8,10-15,18,38H,5-6,9,16-17,19-23H2,1-4H3,(H,41,42). The Morgan fingerprint density at radius 1 is 1.06 bits per heavy atom. The number of sulfonamides is 1. The van der Waals surface area contributed by atoms with Gasteiger partial charge < -0.3 is 24.0 Å². The molecule has 0 aliphatic carbocycles. The van der Waals surface area contributed by atoms with Crippen LogP contribution in [0.15, 0.2) is 64.0 Å². The number of amides is 1. The summed E-state index contributed by atoms with van der Waals surface area (Å²) in [6, 6.07) is 16.6. The van der Waals surface area contributed by atoms with Crippen LogP contribution >= 0.6 is 0 Å². The number of carbonyl (C=O) groups is 1. The molecule has 0 bridgehead atoms. The molecule has 1 spiro atoms. The van der Waals surface area contributed by atoms with Crippen molar-refractivity contribution in [3.05, 3.63) is 88.6 Å². The minimum atomic E-state index is -4.02. The summed E-state index contributed by atoms with van der Waals surface area (Å²) in [4.78, 5) is 25.5. The molecule has 7 rings (SSSR count). The van der Waals surface area contributed by atoms with Crippen LogP contribution in [0.1, 0.15) is 65.5 Å². The van der Waals surface area contributed by atoms with Gasteiger partial charge in [-0.2, -0.15) is 0 Å². The quantitative estimate of drug-likeness (QED) is 0.173. The van der Waals surface area contributed by atoms with Crippen molar-refractivity contribution < 1.29 is 22.5 Å². The van der Waals surface area contributed by atoms with Gasteiger partial charge >= 0.3 is 0 Å². The van der Waals surface area contributed by atoms with Gasteiger partial charge in [0.1, 0.15) is 22.8 Å². The maximum atomic E-state index is 13.7. The molecule has 2 aliphatic rings. The van der Waals surface area contributed by atoms with Crippen molar-refractivity contribution in [1.82, 2.24) is 29.9 Å². The first-order chi connectivity index (χ1) is 24.1. The minimum absolute atomic E-state index is 0.0410. The van der Waals surface area contributed by atoms with E-state index in [-0.39, 0.29) is 22.0 Å². The molecule has 2 saturated heterocycles. The number of anilines is 1. The molecule has 12 nitrogen and oxygen atoms in total. The molecule has 262 valence electrons. The van der Waals surface area contributed by atoms with Crippen LogP contribution in [-0.2, 0) is 34.3 Å². The summed E-state index contributed by atoms with van der Waals surface area (Å²) in [5.41, 5.74) is 5.81. The molecule has 13 heteroatoms. The molecule has 2 aliphatic heterocycles. The average molecular weight is 698 g/mol. The third kappa shape index (κ3) is 6.40. The number of ether oxygens (including phenoxy) is 1. The van der Waals surface area contributed by atoms with Crippen LogP contribution in [0, 0.1) is 19.3 Å². The lowest BCUT2D eigenvalue weighted by atomic mass is 9.81. The lowest BCUT2D eigenvalue weighted by Gasteiger charge is -2.38. The van der Waals surface area contributed by atoms with Gasteiger partial charge in [0.05, 0.1) is 18.0 Å². The van der Waals surface area contributed by atoms with Crippen molar-refractivity contribution in [3.8, 4) is 11.1 Å². The van der Waals surface area contributed by atoms with Gasteiger partial charge in [-0.3, -0.25) is 9.52 Å². The second-order valence-electron chi connectivity index (χ2n) is 13.4. The predicted octanol–water partition coefficient (Wildman–Crippen LogP) is 5.48. The lowest BCUT2D eigenvalue weighted by molar-refractivity contribution is 0.0746. The lowest BCUT2D eigenvalue weighted by Crippen LogP contribution is -2.55. The van der Waals surface area contributed by atoms with Gasteiger partial charge in [0.15, 0.2) is 11.5 Å². The topological polar surface area (TPSA) is 144 Å². The van der Waals surface area contributed by atoms with Crippen LogP contribution < -0.4 is 10.0 Å². The number of aromatic nitrogens is 4. The van der Waals surface area contributed by atoms with Crippen LogP contribution in [0.4, 0.5) is 5.82 Å². The Balaban J connectivity index is 1.23. The number of fused-ring (bicyclic) bond motifs is 1. The summed E-state index contributed by atoms with van der Waals surface area (Å²) in [5, 5.41) is 7.25. The van der Waals surface area contributed by atoms with Crippen LogP contribution in [0.25, 0.3) is 22.3 Å². The van der Waals surface area contributed by atoms with E-state index in [1.165, 1.54) is 0 Å². The van der Waals surface area contributed by atoms with Crippen molar-refractivity contribution in [3.63, 3.8) is 0 Å². The predicted molar refractivity (Wildman–Crippen MR) is 190 cm³/mol. The number of hydrogen-bond donors (Lipinski definition) is 2. The second-order valence-corrected chi connectivity index (χ2v) is 15.1. The van der Waals surface area contributed by atoms with Crippen molar-refractivity contribution in [1.29, 1.82) is 0 Å². The number of pyridine rings is 1. The van der Waals surface area contributed by atoms with E-state index in [0.717, 1.165) is 73.5 Å². The minimum Gasteiger partial charge on any atom is -0.377 e. The summed E-state index contributed by atoms with van der Waals surface area (Å²) < 4.78 is 43.2. The molecular formula is C37H43N7O5S. The Labute approximate surface area is 292 Å². The molecule has 3 aromatic heterocycles. The van der Waals surface area contributed by atoms with E-state index < -0.39 is 10.0 Å². The van der Waals surface area contributed by atoms with Gasteiger partial charge in [-0.25, -0.2) is 18.4 Å². The highest BCUT2D eigenvalue weighted by atomic mass is 32.2. The number of rotatable bonds is 12. The maximum absolute atomic E-state index is 13.7. The molecule has 0 radical (unpaired) electrons. The van der Waals surface area contributed by atoms with Gasteiger partial charge in [-0.05, 0) is 68.5 Å². The normalized spacial score (nSPS) is 15.6. The fourth-order valence-electron chi connectivity index (χ4n) is 6.93. The van der Waals surface area contributed by atoms with Crippen molar-refractivity contribution >= 4 is 32.9 Å². The van der Waals surface area contributed by atoms with Gasteiger partial charge in [-0.1, -0.05) is 48.5 Å². The van der Waals surface area contributed by atoms with E-state index in [4.69, 9.17) is 19.2 Å². The molecule has 5 aromatic rings. The number of hydrogen-bond acceptors (Lipinski definition) is 9. The zero-order chi connectivity index (χ0) is 35.0. The number of likely N-dealkylation sites (tertiary alicyclic amines) is 1. The third-order valence-electron chi connectivity index (χ3n) is 9.92. The highest BCUT2D eigenvalue weighted by molar-refractivity contribution is 7.92. The van der Waals surface area contributed by atoms with E-state index in [2.05, 4.69) is 32.8 Å². The van der Waals surface area contributed by atoms with E-state index in [0.29, 0.717) is 48.0 Å². The van der Waals surface area contributed by atoms with E-state index in [1.54, 1.807) is 38.1 Å². The molecule has 0 saturated carbocycles. The van der Waals surface area contributed by atoms with Gasteiger partial charge in [0.2, 0.25) is 0 Å². The number of aryl methyl sites for hydroxylation is 2. The summed E-state index contributed by atoms with van der Waals surface area (Å²) in [5.74, 6) is 1.57. The van der Waals surface area contributed by atoms with E-state index in [1.807, 2.05) is 36.1 Å². The molecule has 2 fully saturated rings. The number of nitrogens with one attached hydrogen (secondary N) is 2. The summed E-state index contributed by atoms with van der Waals surface area (Å²) in [7, 11) is -4.02. The first-order valence-electron chi connectivity index (χ1n) is 17.2. The molecule has 0 atom stereocenters. The molecule has 2 aromatic carbocycles. The highest BCUT2D eigenvalue weighted by Gasteiger charge is 2.44. The Bertz CT molecular complexity index is 2170. The summed E-state index contributed by atoms with van der Waals surface area (Å²) in [6.07, 6.45) is 2.68. The highest BCUT2D eigenvalue weighted by Crippen LogP contribution is 2.35. The Hall–Kier alpha value is -4.59. The van der Waals surface area contributed by atoms with Crippen LogP contribution in [0.5, 0.6) is 0 Å². The largest absolute Gasteiger partial charge is 0.377 e. The van der Waals surface area contributed by atoms with Crippen molar-refractivity contribution in [2.75, 3.05) is 37.5 Å². The molecule has 1 amide bonds. The van der Waals surface area contributed by atoms with E-state index in [9.17, 15) is 13.2 Å². The van der Waals surface area contributed by atoms with E-state index >= 15 is 0 Å². The average Bonchev–Trinajstić information content (AvgIpc) is 3.79. The molecule has 0 unspecified atom stereocenters. The molecular weight excluding hydrogens is 655 g/mol. The zero-order valence-electron chi connectivity index (χ0n) is 29.0. The first-order valence-corrected chi connectivity index (χ1v) is 18.7. The Kier molecular flexibility index (Phi) is 9.22. The molecule has 5 heterocycles. The van der Waals surface area contributed by atoms with Gasteiger partial charge in [0.25, 0.3) is 15.9 Å². The fraction of sp³-hybridized carbons (Fsp3) is 0.405. The second kappa shape index (κ2) is 13.6. The van der Waals surface area contributed by atoms with Crippen LogP contribution in [0.3, 0.4) is 0 Å². The number of imidazole rings is 1. The zero-order valence-corrected chi connectivity index (χ0v) is 29.8. The number of nitrogens with zero attached hydrogens (tertiary/aromatic N) is 5. The summed E-state index contributed by atoms with van der Waals surface area (Å²) >= 11 is 0. The third-order valence-corrected chi connectivity index (χ3v) is 11.3. The maximum Gasteiger partial charge on any atom is 0.272 e. The Morgan fingerprint density at radius 3 is 2.58 bits per heavy atom. The van der Waals surface area contributed by atoms with Gasteiger partial charge in [-0.15, -0.1) is 0 Å². The summed E-state index contributed by atoms with van der Waals surface area (Å²) in [6.45, 7) is 12.2. The van der Waals surface area contributed by atoms with Gasteiger partial charge in [0, 0.05) is 55.7 Å². The molecule has 50 heavy (non-hydrogen) atoms. The number of benzene rings is 2. The van der Waals surface area contributed by atoms with Crippen molar-refractivity contribution in [2.45, 2.75) is 65.0 Å².